The zero-order valence-electron chi connectivity index (χ0n) is 13.9. The second kappa shape index (κ2) is 8.13. The van der Waals surface area contributed by atoms with Crippen LogP contribution in [0.3, 0.4) is 0 Å². The zero-order chi connectivity index (χ0) is 16.7. The molecular formula is C19H23N2O2+. The summed E-state index contributed by atoms with van der Waals surface area (Å²) in [6.07, 6.45) is 3.94. The maximum atomic E-state index is 11.6. The first-order chi connectivity index (χ1) is 11.2. The lowest BCUT2D eigenvalue weighted by Gasteiger charge is -2.04. The Morgan fingerprint density at radius 2 is 1.91 bits per heavy atom. The van der Waals surface area contributed by atoms with Crippen molar-refractivity contribution in [2.75, 3.05) is 11.9 Å². The minimum atomic E-state index is -0.293. The number of pyridine rings is 1. The molecule has 23 heavy (non-hydrogen) atoms. The molecule has 0 aliphatic rings. The molecule has 1 heterocycles. The number of hydrogen-bond donors (Lipinski definition) is 1. The van der Waals surface area contributed by atoms with E-state index >= 15 is 0 Å². The average Bonchev–Trinajstić information content (AvgIpc) is 2.56. The highest BCUT2D eigenvalue weighted by molar-refractivity contribution is 5.89. The normalized spacial score (nSPS) is 10.7. The van der Waals surface area contributed by atoms with Crippen LogP contribution in [0.15, 0.2) is 48.7 Å². The molecule has 120 valence electrons. The van der Waals surface area contributed by atoms with E-state index in [4.69, 9.17) is 4.74 Å². The molecule has 0 atom stereocenters. The van der Waals surface area contributed by atoms with E-state index in [1.54, 1.807) is 19.1 Å². The van der Waals surface area contributed by atoms with Gasteiger partial charge < -0.3 is 10.1 Å². The third-order valence-electron chi connectivity index (χ3n) is 3.56. The standard InChI is InChI=1S/C19H22N2O2/c1-4-21-15(3)7-6-8-18(21)13-14-20-17-11-9-16(10-12-17)19(22)23-5-2/h6-14H,4-5H2,1-3H3/p+1. The Morgan fingerprint density at radius 1 is 1.17 bits per heavy atom. The van der Waals surface area contributed by atoms with Gasteiger partial charge in [0.15, 0.2) is 5.69 Å². The van der Waals surface area contributed by atoms with E-state index in [1.807, 2.05) is 24.4 Å². The third-order valence-corrected chi connectivity index (χ3v) is 3.56. The number of ether oxygens (including phenoxy) is 1. The number of hydrogen-bond acceptors (Lipinski definition) is 3. The lowest BCUT2D eigenvalue weighted by Crippen LogP contribution is -2.38. The Labute approximate surface area is 137 Å². The van der Waals surface area contributed by atoms with Gasteiger partial charge in [-0.3, -0.25) is 0 Å². The van der Waals surface area contributed by atoms with Crippen molar-refractivity contribution >= 4 is 17.7 Å². The Bertz CT molecular complexity index is 691. The number of rotatable bonds is 6. The van der Waals surface area contributed by atoms with Crippen LogP contribution in [0.1, 0.15) is 35.6 Å². The van der Waals surface area contributed by atoms with Crippen LogP contribution in [0.5, 0.6) is 0 Å². The van der Waals surface area contributed by atoms with Crippen LogP contribution in [-0.4, -0.2) is 12.6 Å². The Kier molecular flexibility index (Phi) is 5.92. The zero-order valence-corrected chi connectivity index (χ0v) is 13.9. The molecule has 4 heteroatoms. The van der Waals surface area contributed by atoms with Crippen molar-refractivity contribution in [3.05, 3.63) is 65.6 Å². The molecule has 0 unspecified atom stereocenters. The van der Waals surface area contributed by atoms with Gasteiger partial charge in [0.25, 0.3) is 0 Å². The third kappa shape index (κ3) is 4.42. The number of anilines is 1. The van der Waals surface area contributed by atoms with Crippen LogP contribution in [-0.2, 0) is 11.3 Å². The number of nitrogens with one attached hydrogen (secondary N) is 1. The lowest BCUT2D eigenvalue weighted by atomic mass is 10.2. The first-order valence-corrected chi connectivity index (χ1v) is 7.85. The van der Waals surface area contributed by atoms with Gasteiger partial charge in [-0.05, 0) is 44.2 Å². The fraction of sp³-hybridized carbons (Fsp3) is 0.263. The van der Waals surface area contributed by atoms with Crippen LogP contribution in [0.4, 0.5) is 5.69 Å². The Hall–Kier alpha value is -2.62. The molecular weight excluding hydrogens is 288 g/mol. The number of aryl methyl sites for hydroxylation is 1. The maximum absolute atomic E-state index is 11.6. The molecule has 2 aromatic rings. The quantitative estimate of drug-likeness (QED) is 0.655. The van der Waals surface area contributed by atoms with Gasteiger partial charge in [-0.25, -0.2) is 4.79 Å². The average molecular weight is 311 g/mol. The molecule has 0 fully saturated rings. The van der Waals surface area contributed by atoms with Crippen LogP contribution in [0.25, 0.3) is 6.08 Å². The summed E-state index contributed by atoms with van der Waals surface area (Å²) < 4.78 is 7.21. The summed E-state index contributed by atoms with van der Waals surface area (Å²) in [5.41, 5.74) is 3.85. The second-order valence-electron chi connectivity index (χ2n) is 5.11. The van der Waals surface area contributed by atoms with Gasteiger partial charge in [0.2, 0.25) is 5.69 Å². The molecule has 2 rings (SSSR count). The van der Waals surface area contributed by atoms with Crippen molar-refractivity contribution in [2.24, 2.45) is 0 Å². The van der Waals surface area contributed by atoms with E-state index < -0.39 is 0 Å². The fourth-order valence-corrected chi connectivity index (χ4v) is 2.39. The molecule has 4 nitrogen and oxygen atoms in total. The number of nitrogens with zero attached hydrogens (tertiary/aromatic N) is 1. The number of benzene rings is 1. The minimum Gasteiger partial charge on any atom is -0.462 e. The summed E-state index contributed by atoms with van der Waals surface area (Å²) in [6.45, 7) is 7.34. The molecule has 1 aromatic carbocycles. The molecule has 1 aromatic heterocycles. The molecule has 0 aliphatic heterocycles. The van der Waals surface area contributed by atoms with Gasteiger partial charge in [0.1, 0.15) is 6.54 Å². The van der Waals surface area contributed by atoms with Gasteiger partial charge in [0.05, 0.1) is 12.2 Å². The molecule has 0 radical (unpaired) electrons. The van der Waals surface area contributed by atoms with E-state index in [0.717, 1.165) is 17.9 Å². The van der Waals surface area contributed by atoms with Crippen molar-refractivity contribution in [1.29, 1.82) is 0 Å². The van der Waals surface area contributed by atoms with E-state index in [0.29, 0.717) is 12.2 Å². The molecule has 1 N–H and O–H groups in total. The summed E-state index contributed by atoms with van der Waals surface area (Å²) in [7, 11) is 0. The van der Waals surface area contributed by atoms with Crippen molar-refractivity contribution in [1.82, 2.24) is 0 Å². The van der Waals surface area contributed by atoms with Gasteiger partial charge in [-0.1, -0.05) is 0 Å². The number of carbonyl (C=O) groups excluding carboxylic acids is 1. The highest BCUT2D eigenvalue weighted by Gasteiger charge is 2.08. The summed E-state index contributed by atoms with van der Waals surface area (Å²) in [5, 5.41) is 3.22. The van der Waals surface area contributed by atoms with Gasteiger partial charge in [0, 0.05) is 37.0 Å². The van der Waals surface area contributed by atoms with Crippen molar-refractivity contribution in [2.45, 2.75) is 27.3 Å². The molecule has 0 spiro atoms. The van der Waals surface area contributed by atoms with Gasteiger partial charge >= 0.3 is 5.97 Å². The van der Waals surface area contributed by atoms with E-state index in [1.165, 1.54) is 5.69 Å². The van der Waals surface area contributed by atoms with E-state index in [2.05, 4.69) is 41.9 Å². The molecule has 0 bridgehead atoms. The summed E-state index contributed by atoms with van der Waals surface area (Å²) in [4.78, 5) is 11.6. The lowest BCUT2D eigenvalue weighted by molar-refractivity contribution is -0.701. The van der Waals surface area contributed by atoms with Crippen molar-refractivity contribution in [3.8, 4) is 0 Å². The fourth-order valence-electron chi connectivity index (χ4n) is 2.39. The predicted molar refractivity (Wildman–Crippen MR) is 92.1 cm³/mol. The Balaban J connectivity index is 2.04. The minimum absolute atomic E-state index is 0.293. The molecule has 0 saturated heterocycles. The first-order valence-electron chi connectivity index (χ1n) is 7.85. The SMILES string of the molecule is CCOC(=O)c1ccc(N/C=C/c2cccc(C)[n+]2CC)cc1. The largest absolute Gasteiger partial charge is 0.462 e. The smallest absolute Gasteiger partial charge is 0.338 e. The van der Waals surface area contributed by atoms with Crippen molar-refractivity contribution < 1.29 is 14.1 Å². The molecule has 0 amide bonds. The van der Waals surface area contributed by atoms with E-state index in [9.17, 15) is 4.79 Å². The highest BCUT2D eigenvalue weighted by atomic mass is 16.5. The summed E-state index contributed by atoms with van der Waals surface area (Å²) in [5.74, 6) is -0.293. The van der Waals surface area contributed by atoms with Crippen LogP contribution in [0, 0.1) is 6.92 Å². The monoisotopic (exact) mass is 311 g/mol. The van der Waals surface area contributed by atoms with Gasteiger partial charge in [-0.2, -0.15) is 4.57 Å². The highest BCUT2D eigenvalue weighted by Crippen LogP contribution is 2.11. The van der Waals surface area contributed by atoms with E-state index in [-0.39, 0.29) is 5.97 Å². The number of esters is 1. The number of carbonyl (C=O) groups is 1. The number of aromatic nitrogens is 1. The topological polar surface area (TPSA) is 42.2 Å². The van der Waals surface area contributed by atoms with Crippen LogP contribution < -0.4 is 9.88 Å². The first kappa shape index (κ1) is 16.7. The Morgan fingerprint density at radius 3 is 2.57 bits per heavy atom. The van der Waals surface area contributed by atoms with Crippen molar-refractivity contribution in [3.63, 3.8) is 0 Å². The second-order valence-corrected chi connectivity index (χ2v) is 5.11. The molecule has 0 saturated carbocycles. The maximum Gasteiger partial charge on any atom is 0.338 e. The molecule has 0 aliphatic carbocycles. The van der Waals surface area contributed by atoms with Crippen LogP contribution in [0.2, 0.25) is 0 Å². The summed E-state index contributed by atoms with van der Waals surface area (Å²) >= 11 is 0. The van der Waals surface area contributed by atoms with Gasteiger partial charge in [-0.15, -0.1) is 0 Å². The summed E-state index contributed by atoms with van der Waals surface area (Å²) in [6, 6.07) is 13.5. The predicted octanol–water partition coefficient (Wildman–Crippen LogP) is 3.56. The van der Waals surface area contributed by atoms with Crippen LogP contribution >= 0.6 is 0 Å².